The molecule has 1 rings (SSSR count). The van der Waals surface area contributed by atoms with Crippen LogP contribution in [0, 0.1) is 11.3 Å². The summed E-state index contributed by atoms with van der Waals surface area (Å²) in [5.74, 6) is -0.118. The van der Waals surface area contributed by atoms with E-state index in [1.807, 2.05) is 6.07 Å². The predicted molar refractivity (Wildman–Crippen MR) is 46.7 cm³/mol. The maximum atomic E-state index is 9.61. The maximum absolute atomic E-state index is 9.61. The van der Waals surface area contributed by atoms with Gasteiger partial charge in [-0.25, -0.2) is 0 Å². The van der Waals surface area contributed by atoms with Gasteiger partial charge in [-0.05, 0) is 5.56 Å². The topological polar surface area (TPSA) is 44.0 Å². The summed E-state index contributed by atoms with van der Waals surface area (Å²) in [6, 6.07) is 10.4. The molecule has 0 aromatic heterocycles. The zero-order valence-corrected chi connectivity index (χ0v) is 7.12. The Bertz CT molecular complexity index is 293. The zero-order chi connectivity index (χ0) is 9.03. The molecule has 1 aromatic rings. The number of nitrogens with zero attached hydrogens (tertiary/aromatic N) is 1. The van der Waals surface area contributed by atoms with Crippen LogP contribution in [0.15, 0.2) is 30.3 Å². The molecule has 0 radical (unpaired) electrons. The molecule has 1 atom stereocenters. The largest absolute Gasteiger partial charge is 0.371 e. The van der Waals surface area contributed by atoms with Crippen LogP contribution < -0.4 is 0 Å². The molecule has 3 heteroatoms. The fourth-order valence-electron chi connectivity index (χ4n) is 0.885. The molecular formula is C9H8ClNO. The lowest BCUT2D eigenvalue weighted by atomic mass is 9.98. The van der Waals surface area contributed by atoms with Gasteiger partial charge in [-0.15, -0.1) is 11.6 Å². The molecule has 62 valence electrons. The summed E-state index contributed by atoms with van der Waals surface area (Å²) in [5.41, 5.74) is -1.02. The van der Waals surface area contributed by atoms with E-state index in [1.54, 1.807) is 30.3 Å². The van der Waals surface area contributed by atoms with Crippen molar-refractivity contribution in [2.45, 2.75) is 5.60 Å². The second-order valence-electron chi connectivity index (χ2n) is 2.47. The molecule has 0 saturated carbocycles. The fourth-order valence-corrected chi connectivity index (χ4v) is 1.10. The molecule has 0 aliphatic heterocycles. The first-order valence-electron chi connectivity index (χ1n) is 3.48. The van der Waals surface area contributed by atoms with Crippen LogP contribution in [0.4, 0.5) is 0 Å². The van der Waals surface area contributed by atoms with Crippen molar-refractivity contribution in [3.8, 4) is 6.07 Å². The van der Waals surface area contributed by atoms with Gasteiger partial charge >= 0.3 is 0 Å². The third kappa shape index (κ3) is 1.58. The van der Waals surface area contributed by atoms with Crippen LogP contribution in [0.1, 0.15) is 5.56 Å². The van der Waals surface area contributed by atoms with Gasteiger partial charge in [-0.2, -0.15) is 5.26 Å². The summed E-state index contributed by atoms with van der Waals surface area (Å²) in [7, 11) is 0. The minimum absolute atomic E-state index is 0.118. The molecule has 0 bridgehead atoms. The molecule has 1 N–H and O–H groups in total. The van der Waals surface area contributed by atoms with Crippen molar-refractivity contribution in [1.82, 2.24) is 0 Å². The highest BCUT2D eigenvalue weighted by Gasteiger charge is 2.27. The lowest BCUT2D eigenvalue weighted by Gasteiger charge is -2.16. The Morgan fingerprint density at radius 3 is 2.42 bits per heavy atom. The van der Waals surface area contributed by atoms with Gasteiger partial charge in [-0.1, -0.05) is 30.3 Å². The quantitative estimate of drug-likeness (QED) is 0.557. The minimum Gasteiger partial charge on any atom is -0.371 e. The fraction of sp³-hybridized carbons (Fsp3) is 0.222. The summed E-state index contributed by atoms with van der Waals surface area (Å²) in [6.07, 6.45) is 0. The van der Waals surface area contributed by atoms with E-state index < -0.39 is 5.60 Å². The summed E-state index contributed by atoms with van der Waals surface area (Å²) >= 11 is 5.47. The highest BCUT2D eigenvalue weighted by Crippen LogP contribution is 2.20. The first-order valence-corrected chi connectivity index (χ1v) is 4.01. The first kappa shape index (κ1) is 9.05. The van der Waals surface area contributed by atoms with E-state index in [9.17, 15) is 5.11 Å². The van der Waals surface area contributed by atoms with Crippen LogP contribution in [0.2, 0.25) is 0 Å². The number of halogens is 1. The van der Waals surface area contributed by atoms with Crippen LogP contribution in [-0.2, 0) is 5.60 Å². The smallest absolute Gasteiger partial charge is 0.190 e. The Kier molecular flexibility index (Phi) is 2.69. The van der Waals surface area contributed by atoms with E-state index >= 15 is 0 Å². The van der Waals surface area contributed by atoms with E-state index in [0.29, 0.717) is 5.56 Å². The molecule has 1 aromatic carbocycles. The summed E-state index contributed by atoms with van der Waals surface area (Å²) in [5, 5.41) is 18.3. The normalized spacial score (nSPS) is 14.8. The maximum Gasteiger partial charge on any atom is 0.190 e. The number of benzene rings is 1. The predicted octanol–water partition coefficient (Wildman–Crippen LogP) is 1.64. The average molecular weight is 182 g/mol. The average Bonchev–Trinajstić information content (AvgIpc) is 2.18. The van der Waals surface area contributed by atoms with Gasteiger partial charge in [0.15, 0.2) is 5.60 Å². The summed E-state index contributed by atoms with van der Waals surface area (Å²) in [6.45, 7) is 0. The highest BCUT2D eigenvalue weighted by molar-refractivity contribution is 6.18. The lowest BCUT2D eigenvalue weighted by molar-refractivity contribution is 0.123. The van der Waals surface area contributed by atoms with E-state index in [2.05, 4.69) is 0 Å². The van der Waals surface area contributed by atoms with Gasteiger partial charge in [-0.3, -0.25) is 0 Å². The Labute approximate surface area is 76.0 Å². The highest BCUT2D eigenvalue weighted by atomic mass is 35.5. The first-order chi connectivity index (χ1) is 5.73. The number of alkyl halides is 1. The molecule has 0 heterocycles. The van der Waals surface area contributed by atoms with Crippen molar-refractivity contribution >= 4 is 11.6 Å². The van der Waals surface area contributed by atoms with E-state index in [4.69, 9.17) is 16.9 Å². The van der Waals surface area contributed by atoms with Gasteiger partial charge in [0.1, 0.15) is 6.07 Å². The van der Waals surface area contributed by atoms with Gasteiger partial charge in [0.05, 0.1) is 5.88 Å². The van der Waals surface area contributed by atoms with Crippen molar-refractivity contribution in [2.75, 3.05) is 5.88 Å². The Balaban J connectivity index is 3.06. The van der Waals surface area contributed by atoms with E-state index in [-0.39, 0.29) is 5.88 Å². The molecule has 0 amide bonds. The third-order valence-corrected chi connectivity index (χ3v) is 2.02. The lowest BCUT2D eigenvalue weighted by Crippen LogP contribution is -2.25. The summed E-state index contributed by atoms with van der Waals surface area (Å²) < 4.78 is 0. The molecule has 1 unspecified atom stereocenters. The Hall–Kier alpha value is -1.04. The number of rotatable bonds is 2. The molecule has 2 nitrogen and oxygen atoms in total. The van der Waals surface area contributed by atoms with Crippen molar-refractivity contribution in [2.24, 2.45) is 0 Å². The van der Waals surface area contributed by atoms with Crippen LogP contribution in [0.5, 0.6) is 0 Å². The van der Waals surface area contributed by atoms with Gasteiger partial charge in [0.2, 0.25) is 0 Å². The van der Waals surface area contributed by atoms with Gasteiger partial charge in [0.25, 0.3) is 0 Å². The standard InChI is InChI=1S/C9H8ClNO/c10-6-9(12,7-11)8-4-2-1-3-5-8/h1-5,12H,6H2. The number of nitriles is 1. The minimum atomic E-state index is -1.55. The molecular weight excluding hydrogens is 174 g/mol. The second kappa shape index (κ2) is 3.57. The molecule has 0 spiro atoms. The Morgan fingerprint density at radius 2 is 2.00 bits per heavy atom. The van der Waals surface area contributed by atoms with Crippen molar-refractivity contribution in [3.05, 3.63) is 35.9 Å². The monoisotopic (exact) mass is 181 g/mol. The second-order valence-corrected chi connectivity index (χ2v) is 2.74. The number of aliphatic hydroxyl groups is 1. The van der Waals surface area contributed by atoms with Crippen LogP contribution in [0.25, 0.3) is 0 Å². The Morgan fingerprint density at radius 1 is 1.42 bits per heavy atom. The van der Waals surface area contributed by atoms with Crippen molar-refractivity contribution in [1.29, 1.82) is 5.26 Å². The van der Waals surface area contributed by atoms with Gasteiger partial charge in [0, 0.05) is 0 Å². The molecule has 0 fully saturated rings. The molecule has 12 heavy (non-hydrogen) atoms. The van der Waals surface area contributed by atoms with Crippen molar-refractivity contribution < 1.29 is 5.11 Å². The molecule has 0 saturated heterocycles. The SMILES string of the molecule is N#CC(O)(CCl)c1ccccc1. The van der Waals surface area contributed by atoms with E-state index in [1.165, 1.54) is 0 Å². The van der Waals surface area contributed by atoms with Gasteiger partial charge < -0.3 is 5.11 Å². The van der Waals surface area contributed by atoms with Crippen LogP contribution >= 0.6 is 11.6 Å². The van der Waals surface area contributed by atoms with E-state index in [0.717, 1.165) is 0 Å². The zero-order valence-electron chi connectivity index (χ0n) is 6.37. The third-order valence-electron chi connectivity index (χ3n) is 1.63. The molecule has 0 aliphatic rings. The number of hydrogen-bond donors (Lipinski definition) is 1. The van der Waals surface area contributed by atoms with Crippen LogP contribution in [-0.4, -0.2) is 11.0 Å². The summed E-state index contributed by atoms with van der Waals surface area (Å²) in [4.78, 5) is 0. The van der Waals surface area contributed by atoms with Crippen LogP contribution in [0.3, 0.4) is 0 Å². The van der Waals surface area contributed by atoms with Crippen molar-refractivity contribution in [3.63, 3.8) is 0 Å². The number of hydrogen-bond acceptors (Lipinski definition) is 2. The molecule has 0 aliphatic carbocycles.